The topological polar surface area (TPSA) is 48.5 Å². The Balaban J connectivity index is 1.52. The Morgan fingerprint density at radius 3 is 3.00 bits per heavy atom. The van der Waals surface area contributed by atoms with Gasteiger partial charge in [-0.1, -0.05) is 12.1 Å². The van der Waals surface area contributed by atoms with E-state index in [9.17, 15) is 5.11 Å². The van der Waals surface area contributed by atoms with E-state index in [2.05, 4.69) is 40.4 Å². The first-order valence-electron chi connectivity index (χ1n) is 9.58. The molecular formula is C21H26N2O2. The van der Waals surface area contributed by atoms with Gasteiger partial charge in [-0.2, -0.15) is 0 Å². The maximum atomic E-state index is 11.1. The fraction of sp³-hybridized carbons (Fsp3) is 0.524. The highest BCUT2D eigenvalue weighted by Gasteiger charge is 2.33. The molecule has 2 saturated heterocycles. The van der Waals surface area contributed by atoms with Crippen LogP contribution in [0.2, 0.25) is 0 Å². The number of rotatable bonds is 2. The van der Waals surface area contributed by atoms with Crippen molar-refractivity contribution in [2.45, 2.75) is 43.7 Å². The smallest absolute Gasteiger partial charge is 0.0940 e. The number of ether oxygens (including phenoxy) is 1. The van der Waals surface area contributed by atoms with E-state index in [4.69, 9.17) is 4.74 Å². The van der Waals surface area contributed by atoms with E-state index in [-0.39, 0.29) is 0 Å². The molecule has 4 heteroatoms. The molecule has 1 aromatic heterocycles. The minimum absolute atomic E-state index is 0.636. The van der Waals surface area contributed by atoms with E-state index >= 15 is 0 Å². The molecule has 0 amide bonds. The quantitative estimate of drug-likeness (QED) is 0.882. The molecule has 0 saturated carbocycles. The van der Waals surface area contributed by atoms with E-state index in [1.165, 1.54) is 35.9 Å². The zero-order valence-electron chi connectivity index (χ0n) is 14.6. The zero-order chi connectivity index (χ0) is 16.9. The number of hydrogen-bond donors (Lipinski definition) is 2. The summed E-state index contributed by atoms with van der Waals surface area (Å²) < 4.78 is 5.44. The molecule has 1 unspecified atom stereocenters. The number of nitrogens with zero attached hydrogens (tertiary/aromatic N) is 1. The number of hydrogen-bond acceptors (Lipinski definition) is 3. The van der Waals surface area contributed by atoms with Crippen molar-refractivity contribution in [3.8, 4) is 0 Å². The lowest BCUT2D eigenvalue weighted by atomic mass is 9.85. The van der Waals surface area contributed by atoms with Crippen LogP contribution in [-0.2, 0) is 10.3 Å². The van der Waals surface area contributed by atoms with Gasteiger partial charge in [-0.3, -0.25) is 4.90 Å². The van der Waals surface area contributed by atoms with Gasteiger partial charge in [0.25, 0.3) is 0 Å². The molecule has 4 heterocycles. The van der Waals surface area contributed by atoms with Crippen LogP contribution >= 0.6 is 0 Å². The van der Waals surface area contributed by atoms with Gasteiger partial charge >= 0.3 is 0 Å². The fourth-order valence-corrected chi connectivity index (χ4v) is 4.82. The molecule has 3 aliphatic rings. The van der Waals surface area contributed by atoms with E-state index < -0.39 is 5.60 Å². The number of nitrogens with one attached hydrogen (secondary N) is 1. The molecule has 132 valence electrons. The second-order valence-corrected chi connectivity index (χ2v) is 7.83. The summed E-state index contributed by atoms with van der Waals surface area (Å²) in [6.45, 7) is 3.60. The molecule has 3 aliphatic heterocycles. The third-order valence-electron chi connectivity index (χ3n) is 6.41. The number of fused-ring (bicyclic) bond motifs is 2. The summed E-state index contributed by atoms with van der Waals surface area (Å²) in [6, 6.07) is 7.11. The minimum Gasteiger partial charge on any atom is -0.385 e. The van der Waals surface area contributed by atoms with Crippen LogP contribution < -0.4 is 0 Å². The average molecular weight is 338 g/mol. The third-order valence-corrected chi connectivity index (χ3v) is 6.41. The van der Waals surface area contributed by atoms with Crippen LogP contribution in [0.3, 0.4) is 0 Å². The fourth-order valence-electron chi connectivity index (χ4n) is 4.82. The van der Waals surface area contributed by atoms with Crippen molar-refractivity contribution in [1.29, 1.82) is 0 Å². The highest BCUT2D eigenvalue weighted by molar-refractivity contribution is 5.93. The number of aliphatic hydroxyl groups is 1. The van der Waals surface area contributed by atoms with Gasteiger partial charge in [0, 0.05) is 61.3 Å². The summed E-state index contributed by atoms with van der Waals surface area (Å²) >= 11 is 0. The lowest BCUT2D eigenvalue weighted by Crippen LogP contribution is -2.33. The summed E-state index contributed by atoms with van der Waals surface area (Å²) in [7, 11) is 0. The number of benzene rings is 1. The van der Waals surface area contributed by atoms with Crippen LogP contribution in [0.25, 0.3) is 16.5 Å². The van der Waals surface area contributed by atoms with Crippen molar-refractivity contribution < 1.29 is 9.84 Å². The summed E-state index contributed by atoms with van der Waals surface area (Å²) in [5, 5.41) is 12.3. The first-order valence-corrected chi connectivity index (χ1v) is 9.58. The monoisotopic (exact) mass is 338 g/mol. The molecule has 2 aromatic rings. The second-order valence-electron chi connectivity index (χ2n) is 7.83. The number of H-pyrrole nitrogens is 1. The molecule has 2 N–H and O–H groups in total. The Morgan fingerprint density at radius 2 is 2.12 bits per heavy atom. The number of aromatic amines is 1. The van der Waals surface area contributed by atoms with Crippen LogP contribution in [0.4, 0.5) is 0 Å². The maximum absolute atomic E-state index is 11.1. The third kappa shape index (κ3) is 2.64. The summed E-state index contributed by atoms with van der Waals surface area (Å²) in [5.41, 5.74) is 4.22. The summed E-state index contributed by atoms with van der Waals surface area (Å²) in [4.78, 5) is 6.03. The predicted molar refractivity (Wildman–Crippen MR) is 99.4 cm³/mol. The molecule has 25 heavy (non-hydrogen) atoms. The predicted octanol–water partition coefficient (Wildman–Crippen LogP) is 3.42. The van der Waals surface area contributed by atoms with E-state index in [0.717, 1.165) is 24.0 Å². The Bertz CT molecular complexity index is 816. The molecular weight excluding hydrogens is 312 g/mol. The van der Waals surface area contributed by atoms with Crippen LogP contribution in [-0.4, -0.2) is 47.3 Å². The van der Waals surface area contributed by atoms with Crippen LogP contribution in [0.5, 0.6) is 0 Å². The molecule has 1 atom stereocenters. The number of aromatic nitrogens is 1. The van der Waals surface area contributed by atoms with Crippen molar-refractivity contribution in [2.24, 2.45) is 0 Å². The zero-order valence-corrected chi connectivity index (χ0v) is 14.6. The standard InChI is InChI=1S/C21H26N2O2/c24-21(6-10-25-11-7-21)16-3-4-20-18(13-16)19(14-22-20)15-5-9-23-8-1-2-17(23)12-15/h3-5,13-14,17,22,24H,1-2,6-12H2. The van der Waals surface area contributed by atoms with Gasteiger partial charge in [0.15, 0.2) is 0 Å². The van der Waals surface area contributed by atoms with Crippen LogP contribution in [0.1, 0.15) is 43.2 Å². The molecule has 1 aromatic carbocycles. The van der Waals surface area contributed by atoms with Crippen molar-refractivity contribution >= 4 is 16.5 Å². The Kier molecular flexibility index (Phi) is 3.73. The normalized spacial score (nSPS) is 26.6. The summed E-state index contributed by atoms with van der Waals surface area (Å²) in [5.74, 6) is 0. The molecule has 0 aliphatic carbocycles. The van der Waals surface area contributed by atoms with E-state index in [1.807, 2.05) is 0 Å². The largest absolute Gasteiger partial charge is 0.385 e. The van der Waals surface area contributed by atoms with E-state index in [1.54, 1.807) is 0 Å². The van der Waals surface area contributed by atoms with Crippen LogP contribution in [0, 0.1) is 0 Å². The van der Waals surface area contributed by atoms with Gasteiger partial charge in [-0.15, -0.1) is 0 Å². The van der Waals surface area contributed by atoms with E-state index in [0.29, 0.717) is 32.1 Å². The van der Waals surface area contributed by atoms with Gasteiger partial charge in [-0.05, 0) is 49.1 Å². The SMILES string of the molecule is OC1(c2ccc3[nH]cc(C4=CCN5CCCC5C4)c3c2)CCOCC1. The Morgan fingerprint density at radius 1 is 1.24 bits per heavy atom. The Labute approximate surface area is 148 Å². The van der Waals surface area contributed by atoms with Gasteiger partial charge in [0.05, 0.1) is 5.60 Å². The molecule has 0 bridgehead atoms. The van der Waals surface area contributed by atoms with Gasteiger partial charge < -0.3 is 14.8 Å². The molecule has 5 rings (SSSR count). The molecule has 0 radical (unpaired) electrons. The minimum atomic E-state index is -0.746. The van der Waals surface area contributed by atoms with Crippen molar-refractivity contribution in [3.63, 3.8) is 0 Å². The summed E-state index contributed by atoms with van der Waals surface area (Å²) in [6.07, 6.45) is 9.72. The highest BCUT2D eigenvalue weighted by atomic mass is 16.5. The second kappa shape index (κ2) is 5.97. The van der Waals surface area contributed by atoms with Crippen LogP contribution in [0.15, 0.2) is 30.5 Å². The molecule has 2 fully saturated rings. The first-order chi connectivity index (χ1) is 12.2. The van der Waals surface area contributed by atoms with Crippen molar-refractivity contribution in [1.82, 2.24) is 9.88 Å². The van der Waals surface area contributed by atoms with Gasteiger partial charge in [0.1, 0.15) is 0 Å². The lowest BCUT2D eigenvalue weighted by molar-refractivity contribution is -0.0678. The average Bonchev–Trinajstić information content (AvgIpc) is 3.27. The first kappa shape index (κ1) is 15.6. The van der Waals surface area contributed by atoms with Gasteiger partial charge in [-0.25, -0.2) is 0 Å². The Hall–Kier alpha value is -1.62. The lowest BCUT2D eigenvalue weighted by Gasteiger charge is -2.32. The molecule has 0 spiro atoms. The van der Waals surface area contributed by atoms with Crippen molar-refractivity contribution in [3.05, 3.63) is 41.6 Å². The maximum Gasteiger partial charge on any atom is 0.0940 e. The molecule has 4 nitrogen and oxygen atoms in total. The van der Waals surface area contributed by atoms with Gasteiger partial charge in [0.2, 0.25) is 0 Å². The highest BCUT2D eigenvalue weighted by Crippen LogP contribution is 2.38. The van der Waals surface area contributed by atoms with Crippen molar-refractivity contribution in [2.75, 3.05) is 26.3 Å².